The van der Waals surface area contributed by atoms with Crippen LogP contribution in [-0.2, 0) is 11.3 Å². The quantitative estimate of drug-likeness (QED) is 0.878. The molecule has 20 heavy (non-hydrogen) atoms. The van der Waals surface area contributed by atoms with Gasteiger partial charge in [0.2, 0.25) is 5.91 Å². The number of carbonyl (C=O) groups excluding carboxylic acids is 2. The van der Waals surface area contributed by atoms with Crippen molar-refractivity contribution in [3.63, 3.8) is 0 Å². The average Bonchev–Trinajstić information content (AvgIpc) is 2.40. The van der Waals surface area contributed by atoms with Crippen LogP contribution in [0.2, 0.25) is 0 Å². The van der Waals surface area contributed by atoms with E-state index in [-0.39, 0.29) is 11.9 Å². The number of hydrogen-bond donors (Lipinski definition) is 2. The van der Waals surface area contributed by atoms with Crippen LogP contribution in [0.3, 0.4) is 0 Å². The van der Waals surface area contributed by atoms with Crippen molar-refractivity contribution < 1.29 is 9.59 Å². The fourth-order valence-electron chi connectivity index (χ4n) is 1.91. The molecular weight excluding hydrogens is 254 g/mol. The summed E-state index contributed by atoms with van der Waals surface area (Å²) in [5, 5.41) is 4.65. The van der Waals surface area contributed by atoms with Crippen molar-refractivity contribution in [1.82, 2.24) is 15.5 Å². The molecule has 1 atom stereocenters. The maximum absolute atomic E-state index is 11.9. The maximum Gasteiger partial charge on any atom is 0.321 e. The number of rotatable bonds is 4. The Morgan fingerprint density at radius 3 is 2.50 bits per heavy atom. The largest absolute Gasteiger partial charge is 0.341 e. The van der Waals surface area contributed by atoms with E-state index in [4.69, 9.17) is 0 Å². The molecule has 0 aliphatic carbocycles. The summed E-state index contributed by atoms with van der Waals surface area (Å²) in [6.45, 7) is 6.56. The number of amides is 3. The van der Waals surface area contributed by atoms with Crippen molar-refractivity contribution >= 4 is 11.9 Å². The third-order valence-electron chi connectivity index (χ3n) is 3.42. The van der Waals surface area contributed by atoms with Crippen molar-refractivity contribution in [3.05, 3.63) is 34.9 Å². The Balaban J connectivity index is 2.67. The van der Waals surface area contributed by atoms with Gasteiger partial charge in [0.25, 0.3) is 0 Å². The molecular formula is C15H23N3O2. The summed E-state index contributed by atoms with van der Waals surface area (Å²) in [5.41, 5.74) is 3.60. The molecule has 1 rings (SSSR count). The lowest BCUT2D eigenvalue weighted by molar-refractivity contribution is -0.124. The Morgan fingerprint density at radius 2 is 1.95 bits per heavy atom. The highest BCUT2D eigenvalue weighted by Gasteiger charge is 2.20. The van der Waals surface area contributed by atoms with Gasteiger partial charge in [-0.05, 0) is 38.9 Å². The number of aryl methyl sites for hydroxylation is 2. The van der Waals surface area contributed by atoms with Crippen LogP contribution >= 0.6 is 0 Å². The lowest BCUT2D eigenvalue weighted by atomic mass is 10.0. The van der Waals surface area contributed by atoms with Crippen LogP contribution in [0.5, 0.6) is 0 Å². The first-order valence-corrected chi connectivity index (χ1v) is 6.64. The van der Waals surface area contributed by atoms with E-state index in [1.54, 1.807) is 6.92 Å². The summed E-state index contributed by atoms with van der Waals surface area (Å²) in [4.78, 5) is 24.9. The Morgan fingerprint density at radius 1 is 1.30 bits per heavy atom. The van der Waals surface area contributed by atoms with Gasteiger partial charge in [0.1, 0.15) is 0 Å². The van der Waals surface area contributed by atoms with Gasteiger partial charge in [-0.3, -0.25) is 15.0 Å². The summed E-state index contributed by atoms with van der Waals surface area (Å²) < 4.78 is 0. The van der Waals surface area contributed by atoms with Gasteiger partial charge in [0, 0.05) is 13.6 Å². The molecule has 0 fully saturated rings. The van der Waals surface area contributed by atoms with Crippen LogP contribution in [0.1, 0.15) is 23.6 Å². The van der Waals surface area contributed by atoms with E-state index in [1.165, 1.54) is 23.7 Å². The molecule has 0 radical (unpaired) electrons. The molecule has 0 spiro atoms. The second-order valence-electron chi connectivity index (χ2n) is 5.09. The number of urea groups is 1. The molecule has 0 heterocycles. The van der Waals surface area contributed by atoms with Crippen LogP contribution in [0.15, 0.2) is 18.2 Å². The van der Waals surface area contributed by atoms with Gasteiger partial charge in [-0.2, -0.15) is 0 Å². The zero-order valence-corrected chi connectivity index (χ0v) is 12.8. The van der Waals surface area contributed by atoms with Crippen LogP contribution in [0.4, 0.5) is 4.79 Å². The third-order valence-corrected chi connectivity index (χ3v) is 3.42. The molecule has 0 saturated heterocycles. The molecule has 0 saturated carbocycles. The predicted octanol–water partition coefficient (Wildman–Crippen LogP) is 1.58. The summed E-state index contributed by atoms with van der Waals surface area (Å²) in [6, 6.07) is 5.39. The second-order valence-corrected chi connectivity index (χ2v) is 5.09. The van der Waals surface area contributed by atoms with E-state index in [2.05, 4.69) is 42.7 Å². The summed E-state index contributed by atoms with van der Waals surface area (Å²) >= 11 is 0. The molecule has 5 heteroatoms. The first-order chi connectivity index (χ1) is 9.35. The van der Waals surface area contributed by atoms with Crippen molar-refractivity contribution in [2.24, 2.45) is 0 Å². The van der Waals surface area contributed by atoms with Crippen molar-refractivity contribution in [2.45, 2.75) is 33.4 Å². The van der Waals surface area contributed by atoms with E-state index >= 15 is 0 Å². The SMILES string of the molecule is CNC(=O)NC(=O)[C@@H](C)N(C)Cc1ccc(C)cc1C. The van der Waals surface area contributed by atoms with Gasteiger partial charge in [-0.25, -0.2) is 4.79 Å². The van der Waals surface area contributed by atoms with E-state index in [9.17, 15) is 9.59 Å². The van der Waals surface area contributed by atoms with E-state index < -0.39 is 6.03 Å². The minimum atomic E-state index is -0.484. The normalized spacial score (nSPS) is 12.1. The van der Waals surface area contributed by atoms with Crippen LogP contribution in [-0.4, -0.2) is 37.0 Å². The molecule has 3 amide bonds. The summed E-state index contributed by atoms with van der Waals surface area (Å²) in [6.07, 6.45) is 0. The molecule has 2 N–H and O–H groups in total. The zero-order valence-electron chi connectivity index (χ0n) is 12.8. The number of likely N-dealkylation sites (N-methyl/N-ethyl adjacent to an activating group) is 1. The molecule has 1 aromatic rings. The lowest BCUT2D eigenvalue weighted by Crippen LogP contribution is -2.47. The van der Waals surface area contributed by atoms with Gasteiger partial charge in [-0.15, -0.1) is 0 Å². The number of imide groups is 1. The average molecular weight is 277 g/mol. The maximum atomic E-state index is 11.9. The number of nitrogens with zero attached hydrogens (tertiary/aromatic N) is 1. The standard InChI is InChI=1S/C15H23N3O2/c1-10-6-7-13(11(2)8-10)9-18(5)12(3)14(19)17-15(20)16-4/h6-8,12H,9H2,1-5H3,(H2,16,17,19,20)/t12-/m1/s1. The molecule has 110 valence electrons. The highest BCUT2D eigenvalue weighted by atomic mass is 16.2. The Hall–Kier alpha value is -1.88. The highest BCUT2D eigenvalue weighted by Crippen LogP contribution is 2.13. The topological polar surface area (TPSA) is 61.4 Å². The van der Waals surface area contributed by atoms with E-state index in [0.717, 1.165) is 0 Å². The molecule has 1 aromatic carbocycles. The Labute approximate surface area is 120 Å². The summed E-state index contributed by atoms with van der Waals surface area (Å²) in [7, 11) is 3.35. The smallest absolute Gasteiger partial charge is 0.321 e. The number of carbonyl (C=O) groups is 2. The second kappa shape index (κ2) is 7.05. The molecule has 0 bridgehead atoms. The van der Waals surface area contributed by atoms with Crippen LogP contribution in [0, 0.1) is 13.8 Å². The van der Waals surface area contributed by atoms with Gasteiger partial charge in [0.15, 0.2) is 0 Å². The third kappa shape index (κ3) is 4.35. The monoisotopic (exact) mass is 277 g/mol. The first-order valence-electron chi connectivity index (χ1n) is 6.64. The highest BCUT2D eigenvalue weighted by molar-refractivity contribution is 5.96. The van der Waals surface area contributed by atoms with Gasteiger partial charge >= 0.3 is 6.03 Å². The van der Waals surface area contributed by atoms with E-state index in [1.807, 2.05) is 11.9 Å². The van der Waals surface area contributed by atoms with Gasteiger partial charge < -0.3 is 5.32 Å². The molecule has 0 unspecified atom stereocenters. The lowest BCUT2D eigenvalue weighted by Gasteiger charge is -2.24. The predicted molar refractivity (Wildman–Crippen MR) is 79.4 cm³/mol. The van der Waals surface area contributed by atoms with Crippen LogP contribution in [0.25, 0.3) is 0 Å². The minimum absolute atomic E-state index is 0.309. The zero-order chi connectivity index (χ0) is 15.3. The Kier molecular flexibility index (Phi) is 5.70. The van der Waals surface area contributed by atoms with E-state index in [0.29, 0.717) is 6.54 Å². The molecule has 0 aliphatic heterocycles. The summed E-state index contributed by atoms with van der Waals surface area (Å²) in [5.74, 6) is -0.309. The Bertz CT molecular complexity index is 500. The minimum Gasteiger partial charge on any atom is -0.341 e. The number of benzene rings is 1. The fraction of sp³-hybridized carbons (Fsp3) is 0.467. The molecule has 0 aromatic heterocycles. The van der Waals surface area contributed by atoms with Crippen molar-refractivity contribution in [1.29, 1.82) is 0 Å². The molecule has 5 nitrogen and oxygen atoms in total. The fourth-order valence-corrected chi connectivity index (χ4v) is 1.91. The first kappa shape index (κ1) is 16.2. The number of nitrogens with one attached hydrogen (secondary N) is 2. The van der Waals surface area contributed by atoms with Crippen LogP contribution < -0.4 is 10.6 Å². The molecule has 0 aliphatic rings. The van der Waals surface area contributed by atoms with Crippen molar-refractivity contribution in [3.8, 4) is 0 Å². The van der Waals surface area contributed by atoms with Gasteiger partial charge in [-0.1, -0.05) is 23.8 Å². The van der Waals surface area contributed by atoms with Gasteiger partial charge in [0.05, 0.1) is 6.04 Å². The van der Waals surface area contributed by atoms with Crippen molar-refractivity contribution in [2.75, 3.05) is 14.1 Å². The number of hydrogen-bond acceptors (Lipinski definition) is 3.